The quantitative estimate of drug-likeness (QED) is 0.434. The SMILES string of the molecule is Clc1ccc2c(sc3c(Cl)c(Cl)ccc32)c1Cl. The van der Waals surface area contributed by atoms with Crippen molar-refractivity contribution in [3.63, 3.8) is 0 Å². The van der Waals surface area contributed by atoms with Gasteiger partial charge in [0.05, 0.1) is 29.5 Å². The van der Waals surface area contributed by atoms with Gasteiger partial charge in [-0.05, 0) is 12.1 Å². The summed E-state index contributed by atoms with van der Waals surface area (Å²) >= 11 is 25.9. The van der Waals surface area contributed by atoms with Crippen LogP contribution < -0.4 is 0 Å². The molecule has 0 aliphatic heterocycles. The van der Waals surface area contributed by atoms with Crippen molar-refractivity contribution in [1.82, 2.24) is 0 Å². The van der Waals surface area contributed by atoms with Crippen LogP contribution in [0.15, 0.2) is 24.3 Å². The number of hydrogen-bond donors (Lipinski definition) is 0. The van der Waals surface area contributed by atoms with Gasteiger partial charge in [-0.15, -0.1) is 11.3 Å². The summed E-state index contributed by atoms with van der Waals surface area (Å²) in [4.78, 5) is 0. The first-order valence-electron chi connectivity index (χ1n) is 4.74. The molecule has 0 aliphatic carbocycles. The highest BCUT2D eigenvalue weighted by atomic mass is 35.5. The van der Waals surface area contributed by atoms with Gasteiger partial charge in [0.15, 0.2) is 0 Å². The number of benzene rings is 2. The molecule has 3 aromatic rings. The molecular weight excluding hydrogens is 318 g/mol. The molecule has 5 heteroatoms. The normalized spacial score (nSPS) is 11.5. The van der Waals surface area contributed by atoms with E-state index in [9.17, 15) is 0 Å². The molecule has 0 amide bonds. The van der Waals surface area contributed by atoms with Gasteiger partial charge in [-0.2, -0.15) is 0 Å². The number of rotatable bonds is 0. The van der Waals surface area contributed by atoms with Gasteiger partial charge >= 0.3 is 0 Å². The van der Waals surface area contributed by atoms with Crippen molar-refractivity contribution in [2.24, 2.45) is 0 Å². The lowest BCUT2D eigenvalue weighted by Gasteiger charge is -1.97. The molecule has 1 aromatic heterocycles. The molecular formula is C12H4Cl4S. The summed E-state index contributed by atoms with van der Waals surface area (Å²) in [7, 11) is 0. The zero-order valence-corrected chi connectivity index (χ0v) is 12.1. The van der Waals surface area contributed by atoms with E-state index in [0.717, 1.165) is 20.2 Å². The standard InChI is InChI=1S/C12H4Cl4S/c13-7-3-1-5-6-2-4-8(14)10(16)12(6)17-11(5)9(7)15/h1-4H. The van der Waals surface area contributed by atoms with E-state index in [4.69, 9.17) is 46.4 Å². The Morgan fingerprint density at radius 3 is 1.47 bits per heavy atom. The van der Waals surface area contributed by atoms with Crippen LogP contribution in [0, 0.1) is 0 Å². The van der Waals surface area contributed by atoms with Crippen molar-refractivity contribution in [2.75, 3.05) is 0 Å². The molecule has 86 valence electrons. The van der Waals surface area contributed by atoms with Gasteiger partial charge in [0, 0.05) is 10.8 Å². The molecule has 0 nitrogen and oxygen atoms in total. The van der Waals surface area contributed by atoms with Crippen molar-refractivity contribution in [2.45, 2.75) is 0 Å². The topological polar surface area (TPSA) is 0 Å². The molecule has 0 radical (unpaired) electrons. The molecule has 0 saturated heterocycles. The maximum Gasteiger partial charge on any atom is 0.0770 e. The first-order valence-corrected chi connectivity index (χ1v) is 7.06. The predicted molar refractivity (Wildman–Crippen MR) is 79.4 cm³/mol. The van der Waals surface area contributed by atoms with Gasteiger partial charge in [-0.25, -0.2) is 0 Å². The number of fused-ring (bicyclic) bond motifs is 3. The highest BCUT2D eigenvalue weighted by Crippen LogP contribution is 2.44. The first-order chi connectivity index (χ1) is 8.09. The van der Waals surface area contributed by atoms with Gasteiger partial charge < -0.3 is 0 Å². The van der Waals surface area contributed by atoms with Gasteiger partial charge in [0.2, 0.25) is 0 Å². The Hall–Kier alpha value is -0.180. The van der Waals surface area contributed by atoms with Crippen molar-refractivity contribution in [3.05, 3.63) is 44.4 Å². The summed E-state index contributed by atoms with van der Waals surface area (Å²) in [5.41, 5.74) is 0. The molecule has 0 fully saturated rings. The summed E-state index contributed by atoms with van der Waals surface area (Å²) in [6, 6.07) is 7.49. The fourth-order valence-corrected chi connectivity index (χ4v) is 3.96. The molecule has 0 spiro atoms. The van der Waals surface area contributed by atoms with E-state index >= 15 is 0 Å². The average Bonchev–Trinajstić information content (AvgIpc) is 2.69. The molecule has 17 heavy (non-hydrogen) atoms. The van der Waals surface area contributed by atoms with E-state index in [0.29, 0.717) is 20.1 Å². The van der Waals surface area contributed by atoms with E-state index in [-0.39, 0.29) is 0 Å². The maximum absolute atomic E-state index is 6.19. The molecule has 0 bridgehead atoms. The lowest BCUT2D eigenvalue weighted by Crippen LogP contribution is -1.71. The van der Waals surface area contributed by atoms with Crippen LogP contribution in [0.4, 0.5) is 0 Å². The highest BCUT2D eigenvalue weighted by Gasteiger charge is 2.13. The summed E-state index contributed by atoms with van der Waals surface area (Å²) in [6.45, 7) is 0. The van der Waals surface area contributed by atoms with E-state index in [1.807, 2.05) is 12.1 Å². The minimum Gasteiger partial charge on any atom is -0.132 e. The van der Waals surface area contributed by atoms with Gasteiger partial charge in [0.25, 0.3) is 0 Å². The second-order valence-corrected chi connectivity index (χ2v) is 6.17. The minimum absolute atomic E-state index is 0.549. The van der Waals surface area contributed by atoms with Crippen LogP contribution in [0.1, 0.15) is 0 Å². The third-order valence-electron chi connectivity index (χ3n) is 2.59. The Bertz CT molecular complexity index is 683. The van der Waals surface area contributed by atoms with Gasteiger partial charge in [0.1, 0.15) is 0 Å². The van der Waals surface area contributed by atoms with Crippen molar-refractivity contribution >= 4 is 77.9 Å². The van der Waals surface area contributed by atoms with Crippen LogP contribution in [0.2, 0.25) is 20.1 Å². The highest BCUT2D eigenvalue weighted by molar-refractivity contribution is 7.27. The lowest BCUT2D eigenvalue weighted by molar-refractivity contribution is 1.83. The lowest BCUT2D eigenvalue weighted by atomic mass is 10.1. The van der Waals surface area contributed by atoms with E-state index < -0.39 is 0 Å². The Balaban J connectivity index is 2.58. The van der Waals surface area contributed by atoms with Crippen molar-refractivity contribution < 1.29 is 0 Å². The van der Waals surface area contributed by atoms with Crippen LogP contribution in [-0.2, 0) is 0 Å². The fourth-order valence-electron chi connectivity index (χ4n) is 1.79. The first kappa shape index (κ1) is 11.9. The molecule has 0 unspecified atom stereocenters. The second-order valence-electron chi connectivity index (χ2n) is 3.58. The van der Waals surface area contributed by atoms with Gasteiger partial charge in [-0.1, -0.05) is 58.5 Å². The zero-order valence-electron chi connectivity index (χ0n) is 8.23. The maximum atomic E-state index is 6.19. The summed E-state index contributed by atoms with van der Waals surface area (Å²) in [6.07, 6.45) is 0. The number of thiophene rings is 1. The van der Waals surface area contributed by atoms with E-state index in [2.05, 4.69) is 0 Å². The second kappa shape index (κ2) is 4.18. The largest absolute Gasteiger partial charge is 0.132 e. The zero-order chi connectivity index (χ0) is 12.2. The van der Waals surface area contributed by atoms with Crippen LogP contribution in [0.25, 0.3) is 20.2 Å². The Morgan fingerprint density at radius 2 is 1.06 bits per heavy atom. The predicted octanol–water partition coefficient (Wildman–Crippen LogP) is 6.67. The van der Waals surface area contributed by atoms with Crippen LogP contribution in [-0.4, -0.2) is 0 Å². The molecule has 2 aromatic carbocycles. The monoisotopic (exact) mass is 320 g/mol. The third kappa shape index (κ3) is 1.73. The molecule has 0 atom stereocenters. The Labute approximate surface area is 122 Å². The molecule has 3 rings (SSSR count). The average molecular weight is 322 g/mol. The van der Waals surface area contributed by atoms with E-state index in [1.165, 1.54) is 11.3 Å². The van der Waals surface area contributed by atoms with Crippen molar-refractivity contribution in [1.29, 1.82) is 0 Å². The number of halogens is 4. The van der Waals surface area contributed by atoms with Crippen LogP contribution >= 0.6 is 57.7 Å². The van der Waals surface area contributed by atoms with Crippen LogP contribution in [0.3, 0.4) is 0 Å². The van der Waals surface area contributed by atoms with Crippen LogP contribution in [0.5, 0.6) is 0 Å². The summed E-state index contributed by atoms with van der Waals surface area (Å²) in [5.74, 6) is 0. The summed E-state index contributed by atoms with van der Waals surface area (Å²) < 4.78 is 1.89. The number of hydrogen-bond acceptors (Lipinski definition) is 1. The smallest absolute Gasteiger partial charge is 0.0770 e. The molecule has 0 N–H and O–H groups in total. The van der Waals surface area contributed by atoms with Gasteiger partial charge in [-0.3, -0.25) is 0 Å². The minimum atomic E-state index is 0.549. The molecule has 1 heterocycles. The molecule has 0 saturated carbocycles. The summed E-state index contributed by atoms with van der Waals surface area (Å²) in [5, 5.41) is 4.34. The van der Waals surface area contributed by atoms with E-state index in [1.54, 1.807) is 12.1 Å². The Kier molecular flexibility index (Phi) is 2.92. The van der Waals surface area contributed by atoms with Crippen molar-refractivity contribution in [3.8, 4) is 0 Å². The third-order valence-corrected chi connectivity index (χ3v) is 5.68. The molecule has 0 aliphatic rings. The Morgan fingerprint density at radius 1 is 0.647 bits per heavy atom. The fraction of sp³-hybridized carbons (Fsp3) is 0.